The van der Waals surface area contributed by atoms with Crippen molar-refractivity contribution in [2.75, 3.05) is 0 Å². The van der Waals surface area contributed by atoms with Crippen molar-refractivity contribution in [3.63, 3.8) is 0 Å². The Hall–Kier alpha value is -1.82. The van der Waals surface area contributed by atoms with Gasteiger partial charge in [-0.3, -0.25) is 0 Å². The van der Waals surface area contributed by atoms with E-state index in [0.717, 1.165) is 6.42 Å². The van der Waals surface area contributed by atoms with Crippen LogP contribution < -0.4 is 0 Å². The molecule has 0 amide bonds. The van der Waals surface area contributed by atoms with Gasteiger partial charge in [0, 0.05) is 0 Å². The molecule has 0 N–H and O–H groups in total. The predicted octanol–water partition coefficient (Wildman–Crippen LogP) is 6.34. The van der Waals surface area contributed by atoms with Gasteiger partial charge in [0.25, 0.3) is 0 Å². The zero-order chi connectivity index (χ0) is 14.2. The SMILES string of the molecule is CC/C=C(\CCCC)c1ccc(-c2ccccc2)cc1. The summed E-state index contributed by atoms with van der Waals surface area (Å²) in [7, 11) is 0. The molecule has 0 spiro atoms. The lowest BCUT2D eigenvalue weighted by Gasteiger charge is -2.09. The van der Waals surface area contributed by atoms with Gasteiger partial charge in [-0.25, -0.2) is 0 Å². The fourth-order valence-electron chi connectivity index (χ4n) is 2.49. The number of hydrogen-bond donors (Lipinski definition) is 0. The fourth-order valence-corrected chi connectivity index (χ4v) is 2.49. The minimum Gasteiger partial charge on any atom is -0.0810 e. The molecule has 0 heteroatoms. The van der Waals surface area contributed by atoms with E-state index in [4.69, 9.17) is 0 Å². The van der Waals surface area contributed by atoms with Crippen molar-refractivity contribution >= 4 is 5.57 Å². The van der Waals surface area contributed by atoms with Crippen LogP contribution in [-0.2, 0) is 0 Å². The summed E-state index contributed by atoms with van der Waals surface area (Å²) in [4.78, 5) is 0. The number of allylic oxidation sites excluding steroid dienone is 2. The molecule has 0 saturated heterocycles. The molecule has 0 aliphatic heterocycles. The maximum Gasteiger partial charge on any atom is -0.0184 e. The average Bonchev–Trinajstić information content (AvgIpc) is 2.52. The third-order valence-corrected chi connectivity index (χ3v) is 3.61. The van der Waals surface area contributed by atoms with Gasteiger partial charge in [-0.05, 0) is 41.5 Å². The van der Waals surface area contributed by atoms with Gasteiger partial charge in [-0.15, -0.1) is 0 Å². The van der Waals surface area contributed by atoms with Gasteiger partial charge in [0.05, 0.1) is 0 Å². The Kier molecular flexibility index (Phi) is 5.61. The molecular weight excluding hydrogens is 240 g/mol. The first kappa shape index (κ1) is 14.6. The monoisotopic (exact) mass is 264 g/mol. The quantitative estimate of drug-likeness (QED) is 0.571. The van der Waals surface area contributed by atoms with Gasteiger partial charge in [-0.1, -0.05) is 80.9 Å². The van der Waals surface area contributed by atoms with Gasteiger partial charge >= 0.3 is 0 Å². The number of benzene rings is 2. The van der Waals surface area contributed by atoms with Crippen molar-refractivity contribution in [2.24, 2.45) is 0 Å². The van der Waals surface area contributed by atoms with Crippen LogP contribution in [0.4, 0.5) is 0 Å². The van der Waals surface area contributed by atoms with Crippen molar-refractivity contribution < 1.29 is 0 Å². The highest BCUT2D eigenvalue weighted by Gasteiger charge is 2.02. The molecule has 0 aliphatic rings. The summed E-state index contributed by atoms with van der Waals surface area (Å²) in [5, 5.41) is 0. The molecule has 0 unspecified atom stereocenters. The molecule has 2 rings (SSSR count). The Morgan fingerprint density at radius 2 is 1.50 bits per heavy atom. The van der Waals surface area contributed by atoms with E-state index < -0.39 is 0 Å². The second kappa shape index (κ2) is 7.69. The molecule has 2 aromatic carbocycles. The lowest BCUT2D eigenvalue weighted by Crippen LogP contribution is -1.86. The second-order valence-corrected chi connectivity index (χ2v) is 5.18. The summed E-state index contributed by atoms with van der Waals surface area (Å²) in [6.07, 6.45) is 7.19. The van der Waals surface area contributed by atoms with E-state index in [1.807, 2.05) is 0 Å². The summed E-state index contributed by atoms with van der Waals surface area (Å²) in [6, 6.07) is 19.6. The first-order valence-corrected chi connectivity index (χ1v) is 7.70. The molecule has 0 radical (unpaired) electrons. The Labute approximate surface area is 123 Å². The smallest absolute Gasteiger partial charge is 0.0184 e. The molecule has 0 heterocycles. The van der Waals surface area contributed by atoms with Gasteiger partial charge in [0.15, 0.2) is 0 Å². The van der Waals surface area contributed by atoms with Crippen LogP contribution >= 0.6 is 0 Å². The highest BCUT2D eigenvalue weighted by atomic mass is 14.1. The van der Waals surface area contributed by atoms with Crippen LogP contribution in [0.25, 0.3) is 16.7 Å². The third-order valence-electron chi connectivity index (χ3n) is 3.61. The Morgan fingerprint density at radius 1 is 0.850 bits per heavy atom. The predicted molar refractivity (Wildman–Crippen MR) is 89.7 cm³/mol. The third kappa shape index (κ3) is 3.84. The number of rotatable bonds is 6. The van der Waals surface area contributed by atoms with Crippen LogP contribution in [-0.4, -0.2) is 0 Å². The minimum absolute atomic E-state index is 1.11. The average molecular weight is 264 g/mol. The van der Waals surface area contributed by atoms with Gasteiger partial charge in [0.2, 0.25) is 0 Å². The normalized spacial score (nSPS) is 11.6. The zero-order valence-electron chi connectivity index (χ0n) is 12.6. The van der Waals surface area contributed by atoms with Crippen LogP contribution in [0.1, 0.15) is 45.1 Å². The second-order valence-electron chi connectivity index (χ2n) is 5.18. The molecule has 0 aliphatic carbocycles. The lowest BCUT2D eigenvalue weighted by atomic mass is 9.96. The van der Waals surface area contributed by atoms with E-state index in [0.29, 0.717) is 0 Å². The fraction of sp³-hybridized carbons (Fsp3) is 0.300. The number of hydrogen-bond acceptors (Lipinski definition) is 0. The Balaban J connectivity index is 2.20. The van der Waals surface area contributed by atoms with E-state index in [2.05, 4.69) is 74.5 Å². The maximum atomic E-state index is 2.37. The molecule has 0 saturated carbocycles. The zero-order valence-corrected chi connectivity index (χ0v) is 12.6. The van der Waals surface area contributed by atoms with Crippen molar-refractivity contribution in [1.29, 1.82) is 0 Å². The maximum absolute atomic E-state index is 2.37. The van der Waals surface area contributed by atoms with E-state index >= 15 is 0 Å². The van der Waals surface area contributed by atoms with Crippen molar-refractivity contribution in [3.8, 4) is 11.1 Å². The van der Waals surface area contributed by atoms with Crippen LogP contribution in [0.5, 0.6) is 0 Å². The topological polar surface area (TPSA) is 0 Å². The molecule has 2 aromatic rings. The molecular formula is C20H24. The molecule has 0 nitrogen and oxygen atoms in total. The summed E-state index contributed by atoms with van der Waals surface area (Å²) >= 11 is 0. The standard InChI is InChI=1S/C20H24/c1-3-5-10-17(9-4-2)19-13-15-20(16-14-19)18-11-7-6-8-12-18/h6-9,11-16H,3-5,10H2,1-2H3/b17-9+. The van der Waals surface area contributed by atoms with E-state index in [1.54, 1.807) is 0 Å². The van der Waals surface area contributed by atoms with Crippen LogP contribution in [0.3, 0.4) is 0 Å². The first-order valence-electron chi connectivity index (χ1n) is 7.70. The highest BCUT2D eigenvalue weighted by Crippen LogP contribution is 2.25. The molecule has 0 aromatic heterocycles. The molecule has 0 bridgehead atoms. The summed E-state index contributed by atoms with van der Waals surface area (Å²) < 4.78 is 0. The van der Waals surface area contributed by atoms with Crippen LogP contribution in [0.2, 0.25) is 0 Å². The van der Waals surface area contributed by atoms with Crippen LogP contribution in [0, 0.1) is 0 Å². The molecule has 20 heavy (non-hydrogen) atoms. The Bertz CT molecular complexity index is 532. The van der Waals surface area contributed by atoms with Crippen molar-refractivity contribution in [2.45, 2.75) is 39.5 Å². The van der Waals surface area contributed by atoms with E-state index in [9.17, 15) is 0 Å². The van der Waals surface area contributed by atoms with Gasteiger partial charge in [0.1, 0.15) is 0 Å². The van der Waals surface area contributed by atoms with Crippen LogP contribution in [0.15, 0.2) is 60.7 Å². The summed E-state index contributed by atoms with van der Waals surface area (Å²) in [5.74, 6) is 0. The Morgan fingerprint density at radius 3 is 2.10 bits per heavy atom. The molecule has 0 atom stereocenters. The van der Waals surface area contributed by atoms with Crippen molar-refractivity contribution in [1.82, 2.24) is 0 Å². The summed E-state index contributed by atoms with van der Waals surface area (Å²) in [5.41, 5.74) is 5.45. The van der Waals surface area contributed by atoms with E-state index in [1.165, 1.54) is 41.5 Å². The number of unbranched alkanes of at least 4 members (excludes halogenated alkanes) is 1. The lowest BCUT2D eigenvalue weighted by molar-refractivity contribution is 0.822. The minimum atomic E-state index is 1.11. The largest absolute Gasteiger partial charge is 0.0810 e. The summed E-state index contributed by atoms with van der Waals surface area (Å²) in [6.45, 7) is 4.46. The van der Waals surface area contributed by atoms with Gasteiger partial charge in [-0.2, -0.15) is 0 Å². The molecule has 104 valence electrons. The first-order chi connectivity index (χ1) is 9.85. The van der Waals surface area contributed by atoms with E-state index in [-0.39, 0.29) is 0 Å². The van der Waals surface area contributed by atoms with Crippen molar-refractivity contribution in [3.05, 3.63) is 66.2 Å². The molecule has 0 fully saturated rings. The highest BCUT2D eigenvalue weighted by molar-refractivity contribution is 5.70. The van der Waals surface area contributed by atoms with Gasteiger partial charge < -0.3 is 0 Å².